The molecule has 0 aliphatic heterocycles. The van der Waals surface area contributed by atoms with Crippen LogP contribution in [-0.2, 0) is 27.3 Å². The molecule has 1 aliphatic rings. The van der Waals surface area contributed by atoms with E-state index in [1.807, 2.05) is 13.0 Å². The molecule has 0 spiro atoms. The number of aliphatic hydroxyl groups is 1. The molecular weight excluding hydrogens is 470 g/mol. The lowest BCUT2D eigenvalue weighted by Gasteiger charge is -2.20. The molecule has 12 heteroatoms. The predicted molar refractivity (Wildman–Crippen MR) is 116 cm³/mol. The highest BCUT2D eigenvalue weighted by molar-refractivity contribution is 5.88. The first-order valence-electron chi connectivity index (χ1n) is 10.9. The van der Waals surface area contributed by atoms with Crippen LogP contribution in [0.3, 0.4) is 0 Å². The van der Waals surface area contributed by atoms with Crippen LogP contribution >= 0.6 is 0 Å². The van der Waals surface area contributed by atoms with E-state index >= 15 is 0 Å². The van der Waals surface area contributed by atoms with Gasteiger partial charge in [0.05, 0.1) is 18.5 Å². The number of hydrogen-bond donors (Lipinski definition) is 5. The van der Waals surface area contributed by atoms with Gasteiger partial charge in [0.1, 0.15) is 5.76 Å². The number of rotatable bonds is 10. The molecule has 0 bridgehead atoms. The van der Waals surface area contributed by atoms with Crippen LogP contribution in [-0.4, -0.2) is 55.1 Å². The minimum absolute atomic E-state index is 0.299. The summed E-state index contributed by atoms with van der Waals surface area (Å²) in [6, 6.07) is 6.56. The second-order valence-corrected chi connectivity index (χ2v) is 8.51. The van der Waals surface area contributed by atoms with Gasteiger partial charge in [-0.05, 0) is 31.7 Å². The highest BCUT2D eigenvalue weighted by atomic mass is 19.2. The molecule has 0 amide bonds. The molecule has 1 aromatic carbocycles. The standard InChI is InChI=1S/C17H20F2N2O.C6H8O7/c1-11-8-14(22-21-11)9-12-4-3-7-16(12)20-10-13-5-2-6-15(18)17(13)19;7-3(8)1-6(13,5(11)12)2-4(9)10/h2,5-6,8,12,16,20H,3-4,7,9-10H2,1H3;13H,1-2H2,(H,7,8)(H,9,10)(H,11,12)/t12-,16+;/m0./s1. The lowest BCUT2D eigenvalue weighted by molar-refractivity contribution is -0.170. The lowest BCUT2D eigenvalue weighted by atomic mass is 9.96. The van der Waals surface area contributed by atoms with Gasteiger partial charge >= 0.3 is 17.9 Å². The Morgan fingerprint density at radius 1 is 1.14 bits per heavy atom. The summed E-state index contributed by atoms with van der Waals surface area (Å²) in [5.74, 6) is -5.22. The number of aryl methyl sites for hydroxylation is 1. The highest BCUT2D eigenvalue weighted by Gasteiger charge is 2.40. The van der Waals surface area contributed by atoms with E-state index in [9.17, 15) is 23.2 Å². The molecule has 2 atom stereocenters. The lowest BCUT2D eigenvalue weighted by Crippen LogP contribution is -2.42. The van der Waals surface area contributed by atoms with Crippen molar-refractivity contribution in [1.29, 1.82) is 0 Å². The maximum atomic E-state index is 13.7. The molecule has 0 unspecified atom stereocenters. The van der Waals surface area contributed by atoms with Crippen molar-refractivity contribution in [1.82, 2.24) is 10.5 Å². The molecule has 0 saturated heterocycles. The fourth-order valence-electron chi connectivity index (χ4n) is 3.96. The zero-order valence-corrected chi connectivity index (χ0v) is 19.0. The smallest absolute Gasteiger partial charge is 0.336 e. The van der Waals surface area contributed by atoms with E-state index in [0.29, 0.717) is 24.1 Å². The second-order valence-electron chi connectivity index (χ2n) is 8.51. The van der Waals surface area contributed by atoms with Crippen LogP contribution in [0.4, 0.5) is 8.78 Å². The predicted octanol–water partition coefficient (Wildman–Crippen LogP) is 2.51. The minimum atomic E-state index is -2.74. The quantitative estimate of drug-likeness (QED) is 0.328. The van der Waals surface area contributed by atoms with E-state index in [2.05, 4.69) is 10.5 Å². The van der Waals surface area contributed by atoms with Crippen molar-refractivity contribution >= 4 is 17.9 Å². The number of halogens is 2. The maximum absolute atomic E-state index is 13.7. The van der Waals surface area contributed by atoms with Gasteiger partial charge in [-0.1, -0.05) is 23.7 Å². The average molecular weight is 498 g/mol. The average Bonchev–Trinajstić information content (AvgIpc) is 3.37. The Bertz CT molecular complexity index is 1030. The number of hydrogen-bond acceptors (Lipinski definition) is 7. The largest absolute Gasteiger partial charge is 0.481 e. The van der Waals surface area contributed by atoms with Gasteiger partial charge in [-0.2, -0.15) is 0 Å². The zero-order valence-electron chi connectivity index (χ0n) is 19.0. The van der Waals surface area contributed by atoms with Crippen molar-refractivity contribution in [3.05, 3.63) is 52.9 Å². The van der Waals surface area contributed by atoms with Gasteiger partial charge < -0.3 is 30.3 Å². The van der Waals surface area contributed by atoms with Gasteiger partial charge in [0.15, 0.2) is 17.2 Å². The van der Waals surface area contributed by atoms with E-state index < -0.39 is 48.0 Å². The van der Waals surface area contributed by atoms with Crippen LogP contribution in [0.1, 0.15) is 49.1 Å². The number of carboxylic acid groups (broad SMARTS) is 3. The molecule has 35 heavy (non-hydrogen) atoms. The van der Waals surface area contributed by atoms with E-state index in [-0.39, 0.29) is 0 Å². The van der Waals surface area contributed by atoms with Gasteiger partial charge in [-0.25, -0.2) is 13.6 Å². The number of benzene rings is 1. The summed E-state index contributed by atoms with van der Waals surface area (Å²) in [5.41, 5.74) is -1.47. The summed E-state index contributed by atoms with van der Waals surface area (Å²) in [6.07, 6.45) is 1.85. The molecule has 0 radical (unpaired) electrons. The van der Waals surface area contributed by atoms with E-state index in [0.717, 1.165) is 43.2 Å². The Balaban J connectivity index is 0.000000287. The highest BCUT2D eigenvalue weighted by Crippen LogP contribution is 2.29. The Labute approximate surface area is 199 Å². The minimum Gasteiger partial charge on any atom is -0.481 e. The fraction of sp³-hybridized carbons (Fsp3) is 0.478. The van der Waals surface area contributed by atoms with Crippen LogP contribution in [0, 0.1) is 24.5 Å². The Hall–Kier alpha value is -3.38. The van der Waals surface area contributed by atoms with Crippen molar-refractivity contribution in [3.8, 4) is 0 Å². The van der Waals surface area contributed by atoms with Crippen molar-refractivity contribution in [2.24, 2.45) is 5.92 Å². The molecule has 2 aromatic rings. The van der Waals surface area contributed by atoms with Crippen LogP contribution in [0.5, 0.6) is 0 Å². The summed E-state index contributed by atoms with van der Waals surface area (Å²) >= 11 is 0. The SMILES string of the molecule is Cc1cc(C[C@@H]2CCC[C@H]2NCc2cccc(F)c2F)on1.O=C(O)CC(O)(CC(=O)O)C(=O)O. The molecule has 1 saturated carbocycles. The van der Waals surface area contributed by atoms with E-state index in [1.54, 1.807) is 12.1 Å². The molecule has 1 aromatic heterocycles. The summed E-state index contributed by atoms with van der Waals surface area (Å²) in [7, 11) is 0. The number of nitrogens with zero attached hydrogens (tertiary/aromatic N) is 1. The zero-order chi connectivity index (χ0) is 26.2. The summed E-state index contributed by atoms with van der Waals surface area (Å²) in [6.45, 7) is 2.25. The monoisotopic (exact) mass is 498 g/mol. The maximum Gasteiger partial charge on any atom is 0.336 e. The number of aromatic nitrogens is 1. The van der Waals surface area contributed by atoms with Crippen LogP contribution < -0.4 is 5.32 Å². The molecule has 1 fully saturated rings. The first kappa shape index (κ1) is 27.9. The van der Waals surface area contributed by atoms with Crippen LogP contribution in [0.15, 0.2) is 28.8 Å². The Morgan fingerprint density at radius 3 is 2.34 bits per heavy atom. The number of nitrogens with one attached hydrogen (secondary N) is 1. The number of carbonyl (C=O) groups is 3. The van der Waals surface area contributed by atoms with Gasteiger partial charge in [0, 0.05) is 30.6 Å². The Kier molecular flexibility index (Phi) is 9.84. The van der Waals surface area contributed by atoms with Crippen LogP contribution in [0.25, 0.3) is 0 Å². The van der Waals surface area contributed by atoms with Gasteiger partial charge in [0.2, 0.25) is 0 Å². The van der Waals surface area contributed by atoms with Gasteiger partial charge in [-0.3, -0.25) is 9.59 Å². The third-order valence-electron chi connectivity index (χ3n) is 5.67. The number of aliphatic carboxylic acids is 3. The van der Waals surface area contributed by atoms with E-state index in [1.165, 1.54) is 0 Å². The molecule has 192 valence electrons. The van der Waals surface area contributed by atoms with Crippen molar-refractivity contribution < 1.29 is 48.1 Å². The molecule has 3 rings (SSSR count). The molecule has 1 heterocycles. The fourth-order valence-corrected chi connectivity index (χ4v) is 3.96. The number of carboxylic acids is 3. The topological polar surface area (TPSA) is 170 Å². The van der Waals surface area contributed by atoms with Gasteiger partial charge in [-0.15, -0.1) is 0 Å². The first-order valence-corrected chi connectivity index (χ1v) is 10.9. The first-order chi connectivity index (χ1) is 16.4. The molecule has 1 aliphatic carbocycles. The van der Waals surface area contributed by atoms with Crippen molar-refractivity contribution in [2.75, 3.05) is 0 Å². The normalized spacial score (nSPS) is 17.5. The van der Waals surface area contributed by atoms with E-state index in [4.69, 9.17) is 24.9 Å². The van der Waals surface area contributed by atoms with Crippen molar-refractivity contribution in [2.45, 2.75) is 63.6 Å². The molecular formula is C23H28F2N2O8. The third-order valence-corrected chi connectivity index (χ3v) is 5.67. The van der Waals surface area contributed by atoms with Crippen molar-refractivity contribution in [3.63, 3.8) is 0 Å². The summed E-state index contributed by atoms with van der Waals surface area (Å²) in [4.78, 5) is 30.5. The van der Waals surface area contributed by atoms with Gasteiger partial charge in [0.25, 0.3) is 0 Å². The summed E-state index contributed by atoms with van der Waals surface area (Å²) < 4.78 is 32.2. The molecule has 5 N–H and O–H groups in total. The van der Waals surface area contributed by atoms with Crippen LogP contribution in [0.2, 0.25) is 0 Å². The third kappa shape index (κ3) is 8.41. The summed E-state index contributed by atoms with van der Waals surface area (Å²) in [5, 5.41) is 41.1. The Morgan fingerprint density at radius 2 is 1.80 bits per heavy atom. The molecule has 10 nitrogen and oxygen atoms in total. The second kappa shape index (κ2) is 12.4.